The summed E-state index contributed by atoms with van der Waals surface area (Å²) < 4.78 is 23.6. The van der Waals surface area contributed by atoms with Gasteiger partial charge in [0.1, 0.15) is 12.2 Å². The second kappa shape index (κ2) is 43.9. The molecule has 0 aliphatic carbocycles. The monoisotopic (exact) mass is 784 g/mol. The second-order valence-electron chi connectivity index (χ2n) is 16.1. The molecule has 0 amide bonds. The van der Waals surface area contributed by atoms with Gasteiger partial charge < -0.3 is 29.0 Å². The first-order valence-electron chi connectivity index (χ1n) is 23.9. The summed E-state index contributed by atoms with van der Waals surface area (Å²) in [5.41, 5.74) is 0. The smallest absolute Gasteiger partial charge is 0.308 e. The molecule has 0 aliphatic rings. The summed E-state index contributed by atoms with van der Waals surface area (Å²) in [6.07, 6.45) is 34.0. The fourth-order valence-electron chi connectivity index (χ4n) is 7.17. The van der Waals surface area contributed by atoms with E-state index >= 15 is 0 Å². The average molecular weight is 784 g/mol. The van der Waals surface area contributed by atoms with Crippen LogP contribution in [0.2, 0.25) is 0 Å². The molecule has 0 aromatic rings. The molecule has 8 nitrogen and oxygen atoms in total. The minimum absolute atomic E-state index is 0.0462. The van der Waals surface area contributed by atoms with Crippen molar-refractivity contribution in [1.82, 2.24) is 4.90 Å². The zero-order chi connectivity index (χ0) is 40.3. The van der Waals surface area contributed by atoms with Gasteiger partial charge in [0, 0.05) is 32.9 Å². The van der Waals surface area contributed by atoms with Crippen molar-refractivity contribution in [2.75, 3.05) is 52.7 Å². The van der Waals surface area contributed by atoms with Gasteiger partial charge in [0.05, 0.1) is 26.1 Å². The van der Waals surface area contributed by atoms with E-state index in [9.17, 15) is 14.7 Å². The van der Waals surface area contributed by atoms with Crippen LogP contribution in [0.5, 0.6) is 0 Å². The zero-order valence-corrected chi connectivity index (χ0v) is 37.1. The molecule has 8 heteroatoms. The van der Waals surface area contributed by atoms with Crippen LogP contribution in [-0.4, -0.2) is 86.8 Å². The van der Waals surface area contributed by atoms with E-state index in [2.05, 4.69) is 32.6 Å². The number of ether oxygens (including phenoxy) is 4. The van der Waals surface area contributed by atoms with Gasteiger partial charge in [0.15, 0.2) is 0 Å². The highest BCUT2D eigenvalue weighted by Crippen LogP contribution is 2.18. The second-order valence-corrected chi connectivity index (χ2v) is 16.1. The van der Waals surface area contributed by atoms with Gasteiger partial charge in [-0.1, -0.05) is 130 Å². The lowest BCUT2D eigenvalue weighted by Gasteiger charge is -2.22. The van der Waals surface area contributed by atoms with Crippen LogP contribution in [0.1, 0.15) is 227 Å². The molecule has 0 aliphatic heterocycles. The lowest BCUT2D eigenvalue weighted by Crippen LogP contribution is -2.29. The molecule has 0 heterocycles. The summed E-state index contributed by atoms with van der Waals surface area (Å²) in [6.45, 7) is 14.1. The minimum Gasteiger partial charge on any atom is -0.462 e. The van der Waals surface area contributed by atoms with Crippen LogP contribution < -0.4 is 0 Å². The van der Waals surface area contributed by atoms with Gasteiger partial charge in [-0.3, -0.25) is 9.59 Å². The number of aliphatic hydroxyl groups is 1. The first-order chi connectivity index (χ1) is 27.0. The third kappa shape index (κ3) is 39.4. The Hall–Kier alpha value is -1.22. The van der Waals surface area contributed by atoms with Crippen molar-refractivity contribution >= 4 is 11.9 Å². The molecule has 55 heavy (non-hydrogen) atoms. The topological polar surface area (TPSA) is 94.5 Å². The number of hydrogen-bond acceptors (Lipinski definition) is 8. The maximum atomic E-state index is 12.7. The fraction of sp³-hybridized carbons (Fsp3) is 0.957. The Balaban J connectivity index is 4.44. The number of carbonyl (C=O) groups excluding carboxylic acids is 2. The van der Waals surface area contributed by atoms with E-state index in [0.29, 0.717) is 39.3 Å². The average Bonchev–Trinajstić information content (AvgIpc) is 3.18. The number of unbranched alkanes of at least 4 members (excludes halogenated alkanes) is 18. The highest BCUT2D eigenvalue weighted by atomic mass is 16.6. The van der Waals surface area contributed by atoms with Crippen LogP contribution in [0.3, 0.4) is 0 Å². The molecule has 0 bridgehead atoms. The Bertz CT molecular complexity index is 739. The van der Waals surface area contributed by atoms with Crippen molar-refractivity contribution in [3.8, 4) is 0 Å². The van der Waals surface area contributed by atoms with E-state index < -0.39 is 0 Å². The van der Waals surface area contributed by atoms with E-state index in [-0.39, 0.29) is 30.8 Å². The summed E-state index contributed by atoms with van der Waals surface area (Å²) >= 11 is 0. The lowest BCUT2D eigenvalue weighted by molar-refractivity contribution is -0.152. The molecule has 0 aromatic carbocycles. The van der Waals surface area contributed by atoms with Crippen LogP contribution in [0.4, 0.5) is 0 Å². The first-order valence-corrected chi connectivity index (χ1v) is 23.9. The highest BCUT2D eigenvalue weighted by molar-refractivity contribution is 5.70. The maximum Gasteiger partial charge on any atom is 0.308 e. The number of rotatable bonds is 45. The van der Waals surface area contributed by atoms with Crippen molar-refractivity contribution in [2.45, 2.75) is 239 Å². The molecule has 0 saturated heterocycles. The predicted molar refractivity (Wildman–Crippen MR) is 231 cm³/mol. The Kier molecular flexibility index (Phi) is 42.9. The molecule has 0 fully saturated rings. The standard InChI is InChI=1S/C47H93NO7/c1-5-9-13-17-19-24-32-44(30-22-15-11-7-3)54-46(50)34-42-52-40-28-37-48(36-26-21-27-39-49)38-29-41-53-43-35-47(51)55-45(31-23-16-12-8-4)33-25-20-18-14-10-6-2/h44-45,49H,5-43H2,1-4H3. The van der Waals surface area contributed by atoms with E-state index in [4.69, 9.17) is 18.9 Å². The Morgan fingerprint density at radius 3 is 1.13 bits per heavy atom. The van der Waals surface area contributed by atoms with Gasteiger partial charge >= 0.3 is 11.9 Å². The Morgan fingerprint density at radius 1 is 0.418 bits per heavy atom. The van der Waals surface area contributed by atoms with Crippen molar-refractivity contribution in [3.05, 3.63) is 0 Å². The molecule has 2 atom stereocenters. The number of carbonyl (C=O) groups is 2. The van der Waals surface area contributed by atoms with Gasteiger partial charge in [-0.2, -0.15) is 0 Å². The van der Waals surface area contributed by atoms with Gasteiger partial charge in [-0.25, -0.2) is 0 Å². The van der Waals surface area contributed by atoms with Crippen LogP contribution in [-0.2, 0) is 28.5 Å². The van der Waals surface area contributed by atoms with Crippen molar-refractivity contribution in [2.24, 2.45) is 0 Å². The van der Waals surface area contributed by atoms with Crippen LogP contribution in [0, 0.1) is 0 Å². The first kappa shape index (κ1) is 53.8. The largest absolute Gasteiger partial charge is 0.462 e. The third-order valence-corrected chi connectivity index (χ3v) is 10.7. The van der Waals surface area contributed by atoms with E-state index in [1.54, 1.807) is 0 Å². The summed E-state index contributed by atoms with van der Waals surface area (Å²) in [6, 6.07) is 0. The number of nitrogens with zero attached hydrogens (tertiary/aromatic N) is 1. The molecular formula is C47H93NO7. The quantitative estimate of drug-likeness (QED) is 0.0482. The van der Waals surface area contributed by atoms with Crippen molar-refractivity contribution in [1.29, 1.82) is 0 Å². The lowest BCUT2D eigenvalue weighted by atomic mass is 10.0. The molecular weight excluding hydrogens is 691 g/mol. The van der Waals surface area contributed by atoms with Crippen LogP contribution in [0.15, 0.2) is 0 Å². The Morgan fingerprint density at radius 2 is 0.745 bits per heavy atom. The van der Waals surface area contributed by atoms with E-state index in [1.807, 2.05) is 0 Å². The molecule has 1 N–H and O–H groups in total. The Labute approximate surface area is 341 Å². The highest BCUT2D eigenvalue weighted by Gasteiger charge is 2.16. The molecule has 0 aromatic heterocycles. The SMILES string of the molecule is CCCCCCCCC(CCCCCC)OC(=O)CCOCCCN(CCCCCO)CCCOCCC(=O)OC(CCCCCC)CCCCCCCC. The van der Waals surface area contributed by atoms with Gasteiger partial charge in [-0.15, -0.1) is 0 Å². The summed E-state index contributed by atoms with van der Waals surface area (Å²) in [5.74, 6) is -0.249. The van der Waals surface area contributed by atoms with Crippen LogP contribution in [0.25, 0.3) is 0 Å². The minimum atomic E-state index is -0.124. The normalized spacial score (nSPS) is 12.7. The maximum absolute atomic E-state index is 12.7. The number of hydrogen-bond donors (Lipinski definition) is 1. The molecule has 0 spiro atoms. The van der Waals surface area contributed by atoms with Gasteiger partial charge in [0.2, 0.25) is 0 Å². The predicted octanol–water partition coefficient (Wildman–Crippen LogP) is 12.3. The van der Waals surface area contributed by atoms with Gasteiger partial charge in [-0.05, 0) is 90.0 Å². The third-order valence-electron chi connectivity index (χ3n) is 10.7. The summed E-state index contributed by atoms with van der Waals surface area (Å²) in [5, 5.41) is 9.21. The molecule has 328 valence electrons. The molecule has 0 rings (SSSR count). The van der Waals surface area contributed by atoms with Crippen molar-refractivity contribution < 1.29 is 33.6 Å². The van der Waals surface area contributed by atoms with E-state index in [1.165, 1.54) is 103 Å². The summed E-state index contributed by atoms with van der Waals surface area (Å²) in [4.78, 5) is 27.8. The summed E-state index contributed by atoms with van der Waals surface area (Å²) in [7, 11) is 0. The molecule has 0 radical (unpaired) electrons. The number of esters is 2. The zero-order valence-electron chi connectivity index (χ0n) is 37.1. The molecule has 2 unspecified atom stereocenters. The van der Waals surface area contributed by atoms with Gasteiger partial charge in [0.25, 0.3) is 0 Å². The van der Waals surface area contributed by atoms with E-state index in [0.717, 1.165) is 103 Å². The van der Waals surface area contributed by atoms with Crippen molar-refractivity contribution in [3.63, 3.8) is 0 Å². The molecule has 0 saturated carbocycles. The number of aliphatic hydroxyl groups excluding tert-OH is 1. The fourth-order valence-corrected chi connectivity index (χ4v) is 7.17. The van der Waals surface area contributed by atoms with Crippen LogP contribution >= 0.6 is 0 Å².